The number of hydrogen-bond acceptors (Lipinski definition) is 3. The van der Waals surface area contributed by atoms with Crippen LogP contribution in [-0.2, 0) is 9.59 Å². The highest BCUT2D eigenvalue weighted by atomic mass is 16.4. The van der Waals surface area contributed by atoms with Crippen molar-refractivity contribution in [1.29, 1.82) is 0 Å². The van der Waals surface area contributed by atoms with Crippen LogP contribution in [0.25, 0.3) is 0 Å². The molecule has 0 aliphatic heterocycles. The molecular formula is C12H22O5. The number of rotatable bonds is 11. The maximum Gasteiger partial charge on any atom is 0.303 e. The van der Waals surface area contributed by atoms with Gasteiger partial charge in [0.25, 0.3) is 0 Å². The zero-order valence-corrected chi connectivity index (χ0v) is 10.1. The molecule has 0 aliphatic rings. The van der Waals surface area contributed by atoms with Gasteiger partial charge in [-0.2, -0.15) is 0 Å². The van der Waals surface area contributed by atoms with Gasteiger partial charge in [-0.15, -0.1) is 0 Å². The molecule has 0 heterocycles. The molecule has 0 aromatic heterocycles. The fourth-order valence-corrected chi connectivity index (χ4v) is 1.63. The Morgan fingerprint density at radius 3 is 1.65 bits per heavy atom. The lowest BCUT2D eigenvalue weighted by atomic mass is 10.0. The molecule has 1 unspecified atom stereocenters. The SMILES string of the molecule is O=C(O)CCCCCC(O)CCCCC(=O)O. The van der Waals surface area contributed by atoms with E-state index in [-0.39, 0.29) is 18.9 Å². The Labute approximate surface area is 101 Å². The first kappa shape index (κ1) is 15.9. The summed E-state index contributed by atoms with van der Waals surface area (Å²) in [6.07, 6.45) is 4.90. The number of aliphatic hydroxyl groups excluding tert-OH is 1. The van der Waals surface area contributed by atoms with Gasteiger partial charge in [0.05, 0.1) is 6.10 Å². The molecule has 0 aromatic carbocycles. The number of carbonyl (C=O) groups is 2. The number of carboxylic acid groups (broad SMARTS) is 2. The summed E-state index contributed by atoms with van der Waals surface area (Å²) in [5, 5.41) is 26.4. The summed E-state index contributed by atoms with van der Waals surface area (Å²) in [6, 6.07) is 0. The van der Waals surface area contributed by atoms with Crippen molar-refractivity contribution >= 4 is 11.9 Å². The van der Waals surface area contributed by atoms with Gasteiger partial charge in [-0.1, -0.05) is 19.3 Å². The van der Waals surface area contributed by atoms with Gasteiger partial charge in [0, 0.05) is 12.8 Å². The van der Waals surface area contributed by atoms with Crippen LogP contribution in [0.2, 0.25) is 0 Å². The molecular weight excluding hydrogens is 224 g/mol. The Morgan fingerprint density at radius 2 is 1.18 bits per heavy atom. The van der Waals surface area contributed by atoms with Crippen LogP contribution in [0, 0.1) is 0 Å². The van der Waals surface area contributed by atoms with Crippen LogP contribution in [0.15, 0.2) is 0 Å². The van der Waals surface area contributed by atoms with Crippen LogP contribution < -0.4 is 0 Å². The fourth-order valence-electron chi connectivity index (χ4n) is 1.63. The summed E-state index contributed by atoms with van der Waals surface area (Å²) >= 11 is 0. The van der Waals surface area contributed by atoms with Crippen molar-refractivity contribution in [2.24, 2.45) is 0 Å². The van der Waals surface area contributed by atoms with Crippen LogP contribution in [0.4, 0.5) is 0 Å². The van der Waals surface area contributed by atoms with E-state index < -0.39 is 11.9 Å². The molecule has 17 heavy (non-hydrogen) atoms. The van der Waals surface area contributed by atoms with E-state index in [1.165, 1.54) is 0 Å². The molecule has 0 aliphatic carbocycles. The van der Waals surface area contributed by atoms with Crippen molar-refractivity contribution in [2.75, 3.05) is 0 Å². The zero-order chi connectivity index (χ0) is 13.1. The van der Waals surface area contributed by atoms with Crippen LogP contribution in [-0.4, -0.2) is 33.4 Å². The highest BCUT2D eigenvalue weighted by molar-refractivity contribution is 5.66. The number of aliphatic hydroxyl groups is 1. The Balaban J connectivity index is 3.25. The number of hydrogen-bond donors (Lipinski definition) is 3. The first-order valence-corrected chi connectivity index (χ1v) is 6.14. The molecule has 0 radical (unpaired) electrons. The summed E-state index contributed by atoms with van der Waals surface area (Å²) in [5.41, 5.74) is 0. The minimum Gasteiger partial charge on any atom is -0.481 e. The van der Waals surface area contributed by atoms with Crippen LogP contribution >= 0.6 is 0 Å². The molecule has 3 N–H and O–H groups in total. The Hall–Kier alpha value is -1.10. The van der Waals surface area contributed by atoms with Crippen molar-refractivity contribution in [3.05, 3.63) is 0 Å². The third-order valence-electron chi connectivity index (χ3n) is 2.61. The van der Waals surface area contributed by atoms with Gasteiger partial charge in [-0.05, 0) is 25.7 Å². The molecule has 0 aromatic rings. The van der Waals surface area contributed by atoms with Crippen LogP contribution in [0.3, 0.4) is 0 Å². The van der Waals surface area contributed by atoms with Crippen LogP contribution in [0.1, 0.15) is 57.8 Å². The van der Waals surface area contributed by atoms with Gasteiger partial charge in [0.2, 0.25) is 0 Å². The highest BCUT2D eigenvalue weighted by Crippen LogP contribution is 2.11. The van der Waals surface area contributed by atoms with E-state index in [0.717, 1.165) is 19.3 Å². The normalized spacial score (nSPS) is 12.3. The molecule has 0 fully saturated rings. The van der Waals surface area contributed by atoms with Gasteiger partial charge in [-0.3, -0.25) is 9.59 Å². The smallest absolute Gasteiger partial charge is 0.303 e. The van der Waals surface area contributed by atoms with E-state index in [9.17, 15) is 14.7 Å². The maximum absolute atomic E-state index is 10.2. The van der Waals surface area contributed by atoms with E-state index in [1.54, 1.807) is 0 Å². The molecule has 0 bridgehead atoms. The van der Waals surface area contributed by atoms with Gasteiger partial charge in [0.15, 0.2) is 0 Å². The predicted octanol–water partition coefficient (Wildman–Crippen LogP) is 2.03. The molecule has 0 saturated carbocycles. The minimum atomic E-state index is -0.798. The van der Waals surface area contributed by atoms with Crippen LogP contribution in [0.5, 0.6) is 0 Å². The second kappa shape index (κ2) is 10.1. The van der Waals surface area contributed by atoms with Gasteiger partial charge < -0.3 is 15.3 Å². The van der Waals surface area contributed by atoms with Gasteiger partial charge >= 0.3 is 11.9 Å². The standard InChI is InChI=1S/C12H22O5/c13-10(7-4-5-9-12(16)17)6-2-1-3-8-11(14)15/h10,13H,1-9H2,(H,14,15)(H,16,17). The molecule has 0 amide bonds. The molecule has 100 valence electrons. The van der Waals surface area contributed by atoms with Gasteiger partial charge in [0.1, 0.15) is 0 Å². The number of unbranched alkanes of at least 4 members (excludes halogenated alkanes) is 3. The van der Waals surface area contributed by atoms with E-state index in [1.807, 2.05) is 0 Å². The van der Waals surface area contributed by atoms with Crippen molar-refractivity contribution in [3.63, 3.8) is 0 Å². The fraction of sp³-hybridized carbons (Fsp3) is 0.833. The monoisotopic (exact) mass is 246 g/mol. The average Bonchev–Trinajstić information content (AvgIpc) is 2.23. The van der Waals surface area contributed by atoms with E-state index in [0.29, 0.717) is 25.7 Å². The lowest BCUT2D eigenvalue weighted by molar-refractivity contribution is -0.138. The van der Waals surface area contributed by atoms with Gasteiger partial charge in [-0.25, -0.2) is 0 Å². The summed E-state index contributed by atoms with van der Waals surface area (Å²) < 4.78 is 0. The van der Waals surface area contributed by atoms with E-state index >= 15 is 0 Å². The molecule has 0 spiro atoms. The third-order valence-corrected chi connectivity index (χ3v) is 2.61. The molecule has 0 rings (SSSR count). The second-order valence-corrected chi connectivity index (χ2v) is 4.29. The summed E-state index contributed by atoms with van der Waals surface area (Å²) in [5.74, 6) is -1.58. The second-order valence-electron chi connectivity index (χ2n) is 4.29. The Kier molecular flexibility index (Phi) is 9.43. The largest absolute Gasteiger partial charge is 0.481 e. The van der Waals surface area contributed by atoms with E-state index in [2.05, 4.69) is 0 Å². The Bertz CT molecular complexity index is 227. The highest BCUT2D eigenvalue weighted by Gasteiger charge is 2.05. The topological polar surface area (TPSA) is 94.8 Å². The zero-order valence-electron chi connectivity index (χ0n) is 10.1. The number of carboxylic acids is 2. The lowest BCUT2D eigenvalue weighted by Gasteiger charge is -2.09. The first-order chi connectivity index (χ1) is 8.02. The predicted molar refractivity (Wildman–Crippen MR) is 62.8 cm³/mol. The molecule has 0 saturated heterocycles. The maximum atomic E-state index is 10.2. The van der Waals surface area contributed by atoms with Crippen molar-refractivity contribution in [2.45, 2.75) is 63.9 Å². The summed E-state index contributed by atoms with van der Waals surface area (Å²) in [6.45, 7) is 0. The summed E-state index contributed by atoms with van der Waals surface area (Å²) in [7, 11) is 0. The molecule has 1 atom stereocenters. The average molecular weight is 246 g/mol. The van der Waals surface area contributed by atoms with Crippen molar-refractivity contribution in [3.8, 4) is 0 Å². The van der Waals surface area contributed by atoms with E-state index in [4.69, 9.17) is 10.2 Å². The van der Waals surface area contributed by atoms with Crippen molar-refractivity contribution < 1.29 is 24.9 Å². The molecule has 5 nitrogen and oxygen atoms in total. The number of aliphatic carboxylic acids is 2. The lowest BCUT2D eigenvalue weighted by Crippen LogP contribution is -2.06. The minimum absolute atomic E-state index is 0.158. The van der Waals surface area contributed by atoms with Crippen molar-refractivity contribution in [1.82, 2.24) is 0 Å². The molecule has 5 heteroatoms. The third kappa shape index (κ3) is 12.8. The first-order valence-electron chi connectivity index (χ1n) is 6.14. The quantitative estimate of drug-likeness (QED) is 0.485. The Morgan fingerprint density at radius 1 is 0.765 bits per heavy atom. The summed E-state index contributed by atoms with van der Waals surface area (Å²) in [4.78, 5) is 20.5.